The Kier molecular flexibility index (Phi) is 3.43. The summed E-state index contributed by atoms with van der Waals surface area (Å²) >= 11 is 0. The van der Waals surface area contributed by atoms with Gasteiger partial charge in [-0.15, -0.1) is 0 Å². The Morgan fingerprint density at radius 1 is 1.15 bits per heavy atom. The van der Waals surface area contributed by atoms with Crippen LogP contribution in [0.3, 0.4) is 0 Å². The molecule has 0 atom stereocenters. The molecule has 0 aliphatic rings. The van der Waals surface area contributed by atoms with Crippen molar-refractivity contribution in [2.24, 2.45) is 0 Å². The summed E-state index contributed by atoms with van der Waals surface area (Å²) < 4.78 is 7.42. The van der Waals surface area contributed by atoms with Crippen molar-refractivity contribution in [1.82, 2.24) is 0 Å². The molecule has 0 spiro atoms. The number of hydrogen-bond donors (Lipinski definition) is 0. The summed E-state index contributed by atoms with van der Waals surface area (Å²) in [6.07, 6.45) is 4.25. The Labute approximate surface area is 80.2 Å². The molecule has 0 radical (unpaired) electrons. The Bertz CT molecular complexity index is 271. The molecular weight excluding hydrogens is 162 g/mol. The topological polar surface area (TPSA) is 13.1 Å². The van der Waals surface area contributed by atoms with Gasteiger partial charge < -0.3 is 4.74 Å². The minimum absolute atomic E-state index is 0.651. The van der Waals surface area contributed by atoms with Crippen molar-refractivity contribution in [2.75, 3.05) is 6.61 Å². The fourth-order valence-corrected chi connectivity index (χ4v) is 1.31. The Balaban J connectivity index is 2.86. The van der Waals surface area contributed by atoms with Gasteiger partial charge in [0.15, 0.2) is 12.4 Å². The Morgan fingerprint density at radius 2 is 1.69 bits per heavy atom. The zero-order chi connectivity index (χ0) is 9.84. The quantitative estimate of drug-likeness (QED) is 0.647. The number of pyridine rings is 1. The first-order chi connectivity index (χ1) is 6.15. The van der Waals surface area contributed by atoms with E-state index in [0.717, 1.165) is 6.61 Å². The van der Waals surface area contributed by atoms with Crippen LogP contribution in [0.5, 0.6) is 0 Å². The molecule has 0 saturated carbocycles. The summed E-state index contributed by atoms with van der Waals surface area (Å²) in [5.74, 6) is 0. The van der Waals surface area contributed by atoms with Crippen molar-refractivity contribution in [2.45, 2.75) is 34.4 Å². The van der Waals surface area contributed by atoms with Crippen LogP contribution in [0, 0.1) is 20.8 Å². The molecule has 0 amide bonds. The number of rotatable bonds is 3. The molecule has 0 saturated heterocycles. The molecule has 1 rings (SSSR count). The predicted molar refractivity (Wildman–Crippen MR) is 52.5 cm³/mol. The first kappa shape index (κ1) is 10.2. The monoisotopic (exact) mass is 180 g/mol. The van der Waals surface area contributed by atoms with E-state index in [-0.39, 0.29) is 0 Å². The van der Waals surface area contributed by atoms with E-state index in [0.29, 0.717) is 6.73 Å². The Hall–Kier alpha value is -0.890. The lowest BCUT2D eigenvalue weighted by Crippen LogP contribution is -2.35. The van der Waals surface area contributed by atoms with Crippen LogP contribution in [0.4, 0.5) is 0 Å². The molecule has 1 heterocycles. The molecule has 0 unspecified atom stereocenters. The summed E-state index contributed by atoms with van der Waals surface area (Å²) in [5, 5.41) is 0. The fraction of sp³-hybridized carbons (Fsp3) is 0.545. The molecule has 0 bridgehead atoms. The van der Waals surface area contributed by atoms with Crippen LogP contribution in [-0.4, -0.2) is 6.61 Å². The lowest BCUT2D eigenvalue weighted by molar-refractivity contribution is -0.733. The van der Waals surface area contributed by atoms with E-state index in [9.17, 15) is 0 Å². The second-order valence-electron chi connectivity index (χ2n) is 3.39. The first-order valence-corrected chi connectivity index (χ1v) is 4.69. The lowest BCUT2D eigenvalue weighted by Gasteiger charge is -2.03. The van der Waals surface area contributed by atoms with Crippen LogP contribution in [0.25, 0.3) is 0 Å². The average molecular weight is 180 g/mol. The normalized spacial score (nSPS) is 10.5. The zero-order valence-corrected chi connectivity index (χ0v) is 8.92. The lowest BCUT2D eigenvalue weighted by atomic mass is 10.1. The smallest absolute Gasteiger partial charge is 0.252 e. The standard InChI is InChI=1S/C11H18NO/c1-5-13-8-12-6-9(2)11(4)10(3)7-12/h6-7H,5,8H2,1-4H3/q+1. The SMILES string of the molecule is CCOC[n+]1cc(C)c(C)c(C)c1. The van der Waals surface area contributed by atoms with Crippen LogP contribution in [0.15, 0.2) is 12.4 Å². The highest BCUT2D eigenvalue weighted by Gasteiger charge is 2.06. The minimum atomic E-state index is 0.651. The molecule has 0 N–H and O–H groups in total. The molecule has 72 valence electrons. The van der Waals surface area contributed by atoms with Crippen molar-refractivity contribution >= 4 is 0 Å². The van der Waals surface area contributed by atoms with E-state index in [1.54, 1.807) is 0 Å². The largest absolute Gasteiger partial charge is 0.324 e. The molecule has 0 aliphatic carbocycles. The van der Waals surface area contributed by atoms with E-state index in [2.05, 4.69) is 37.7 Å². The van der Waals surface area contributed by atoms with E-state index >= 15 is 0 Å². The van der Waals surface area contributed by atoms with Gasteiger partial charge in [-0.3, -0.25) is 0 Å². The van der Waals surface area contributed by atoms with Crippen LogP contribution in [0.2, 0.25) is 0 Å². The number of hydrogen-bond acceptors (Lipinski definition) is 1. The van der Waals surface area contributed by atoms with Crippen LogP contribution in [0.1, 0.15) is 23.6 Å². The van der Waals surface area contributed by atoms with E-state index in [1.807, 2.05) is 6.92 Å². The van der Waals surface area contributed by atoms with Gasteiger partial charge in [0.2, 0.25) is 0 Å². The third kappa shape index (κ3) is 2.52. The van der Waals surface area contributed by atoms with E-state index in [1.165, 1.54) is 16.7 Å². The average Bonchev–Trinajstić information content (AvgIpc) is 2.10. The van der Waals surface area contributed by atoms with Gasteiger partial charge in [-0.25, -0.2) is 0 Å². The Morgan fingerprint density at radius 3 is 2.15 bits per heavy atom. The van der Waals surface area contributed by atoms with Crippen molar-refractivity contribution in [1.29, 1.82) is 0 Å². The van der Waals surface area contributed by atoms with Crippen molar-refractivity contribution in [3.8, 4) is 0 Å². The molecule has 2 nitrogen and oxygen atoms in total. The third-order valence-electron chi connectivity index (χ3n) is 2.35. The van der Waals surface area contributed by atoms with Gasteiger partial charge >= 0.3 is 0 Å². The van der Waals surface area contributed by atoms with Crippen molar-refractivity contribution < 1.29 is 9.30 Å². The van der Waals surface area contributed by atoms with Crippen molar-refractivity contribution in [3.63, 3.8) is 0 Å². The van der Waals surface area contributed by atoms with Gasteiger partial charge in [0.25, 0.3) is 6.73 Å². The first-order valence-electron chi connectivity index (χ1n) is 4.69. The van der Waals surface area contributed by atoms with Gasteiger partial charge in [-0.1, -0.05) is 0 Å². The van der Waals surface area contributed by atoms with Gasteiger partial charge in [0, 0.05) is 11.1 Å². The van der Waals surface area contributed by atoms with Crippen molar-refractivity contribution in [3.05, 3.63) is 29.1 Å². The number of ether oxygens (including phenoxy) is 1. The molecule has 1 aromatic heterocycles. The second-order valence-corrected chi connectivity index (χ2v) is 3.39. The van der Waals surface area contributed by atoms with Gasteiger partial charge in [-0.2, -0.15) is 4.57 Å². The highest BCUT2D eigenvalue weighted by molar-refractivity contribution is 5.25. The number of nitrogens with zero attached hydrogens (tertiary/aromatic N) is 1. The fourth-order valence-electron chi connectivity index (χ4n) is 1.31. The maximum Gasteiger partial charge on any atom is 0.252 e. The molecule has 0 aliphatic heterocycles. The third-order valence-corrected chi connectivity index (χ3v) is 2.35. The summed E-state index contributed by atoms with van der Waals surface area (Å²) in [7, 11) is 0. The number of aromatic nitrogens is 1. The van der Waals surface area contributed by atoms with Gasteiger partial charge in [0.1, 0.15) is 0 Å². The van der Waals surface area contributed by atoms with Crippen LogP contribution in [-0.2, 0) is 11.5 Å². The molecular formula is C11H18NO+. The summed E-state index contributed by atoms with van der Waals surface area (Å²) in [6.45, 7) is 9.83. The summed E-state index contributed by atoms with van der Waals surface area (Å²) in [5.41, 5.74) is 4.01. The van der Waals surface area contributed by atoms with Gasteiger partial charge in [0.05, 0.1) is 6.61 Å². The molecule has 2 heteroatoms. The van der Waals surface area contributed by atoms with Crippen LogP contribution >= 0.6 is 0 Å². The van der Waals surface area contributed by atoms with Crippen LogP contribution < -0.4 is 4.57 Å². The molecule has 0 fully saturated rings. The maximum atomic E-state index is 5.33. The maximum absolute atomic E-state index is 5.33. The summed E-state index contributed by atoms with van der Waals surface area (Å²) in [4.78, 5) is 0. The molecule has 13 heavy (non-hydrogen) atoms. The minimum Gasteiger partial charge on any atom is -0.324 e. The highest BCUT2D eigenvalue weighted by Crippen LogP contribution is 2.07. The zero-order valence-electron chi connectivity index (χ0n) is 8.92. The summed E-state index contributed by atoms with van der Waals surface area (Å²) in [6, 6.07) is 0. The molecule has 1 aromatic rings. The number of aryl methyl sites for hydroxylation is 2. The van der Waals surface area contributed by atoms with E-state index in [4.69, 9.17) is 4.74 Å². The van der Waals surface area contributed by atoms with E-state index < -0.39 is 0 Å². The predicted octanol–water partition coefficient (Wildman–Crippen LogP) is 1.89. The highest BCUT2D eigenvalue weighted by atomic mass is 16.5. The molecule has 0 aromatic carbocycles. The van der Waals surface area contributed by atoms with Gasteiger partial charge in [-0.05, 0) is 33.3 Å². The second kappa shape index (κ2) is 4.38.